The first-order valence-corrected chi connectivity index (χ1v) is 8.96. The monoisotopic (exact) mass is 355 g/mol. The third-order valence-corrected chi connectivity index (χ3v) is 4.40. The molecule has 1 fully saturated rings. The summed E-state index contributed by atoms with van der Waals surface area (Å²) in [5.41, 5.74) is 1.18. The summed E-state index contributed by atoms with van der Waals surface area (Å²) in [4.78, 5) is 26.4. The highest BCUT2D eigenvalue weighted by atomic mass is 16.6. The van der Waals surface area contributed by atoms with Gasteiger partial charge in [0.05, 0.1) is 12.2 Å². The normalized spacial score (nSPS) is 15.7. The number of carbonyl (C=O) groups is 1. The van der Waals surface area contributed by atoms with Crippen molar-refractivity contribution in [3.63, 3.8) is 0 Å². The van der Waals surface area contributed by atoms with E-state index in [4.69, 9.17) is 4.74 Å². The molecule has 0 bridgehead atoms. The van der Waals surface area contributed by atoms with Gasteiger partial charge in [-0.05, 0) is 39.2 Å². The number of likely N-dealkylation sites (tertiary alicyclic amines) is 1. The Balaban J connectivity index is 1.67. The lowest BCUT2D eigenvalue weighted by Crippen LogP contribution is -2.43. The van der Waals surface area contributed by atoms with Crippen molar-refractivity contribution in [2.45, 2.75) is 45.3 Å². The van der Waals surface area contributed by atoms with Gasteiger partial charge >= 0.3 is 6.09 Å². The van der Waals surface area contributed by atoms with Crippen LogP contribution in [0, 0.1) is 0 Å². The number of benzene rings is 1. The van der Waals surface area contributed by atoms with E-state index in [1.165, 1.54) is 0 Å². The van der Waals surface area contributed by atoms with Crippen LogP contribution in [0.15, 0.2) is 47.4 Å². The molecule has 1 saturated heterocycles. The van der Waals surface area contributed by atoms with Crippen molar-refractivity contribution in [3.8, 4) is 11.1 Å². The van der Waals surface area contributed by atoms with Crippen LogP contribution in [0.25, 0.3) is 11.1 Å². The first-order chi connectivity index (χ1) is 12.3. The first-order valence-electron chi connectivity index (χ1n) is 8.96. The molecule has 0 radical (unpaired) electrons. The number of nitrogens with zero attached hydrogens (tertiary/aromatic N) is 3. The Labute approximate surface area is 153 Å². The Morgan fingerprint density at radius 1 is 1.12 bits per heavy atom. The molecule has 2 heterocycles. The van der Waals surface area contributed by atoms with Gasteiger partial charge < -0.3 is 9.64 Å². The highest BCUT2D eigenvalue weighted by molar-refractivity contribution is 5.68. The molecule has 0 N–H and O–H groups in total. The van der Waals surface area contributed by atoms with Gasteiger partial charge in [-0.15, -0.1) is 0 Å². The van der Waals surface area contributed by atoms with E-state index < -0.39 is 5.60 Å². The van der Waals surface area contributed by atoms with Crippen molar-refractivity contribution in [3.05, 3.63) is 52.9 Å². The van der Waals surface area contributed by atoms with Gasteiger partial charge in [0.25, 0.3) is 5.56 Å². The summed E-state index contributed by atoms with van der Waals surface area (Å²) in [5.74, 6) is 0. The molecule has 1 aromatic heterocycles. The van der Waals surface area contributed by atoms with E-state index >= 15 is 0 Å². The molecule has 0 spiro atoms. The van der Waals surface area contributed by atoms with Crippen LogP contribution in [0.1, 0.15) is 39.7 Å². The topological polar surface area (TPSA) is 64.4 Å². The Morgan fingerprint density at radius 2 is 1.77 bits per heavy atom. The fraction of sp³-hybridized carbons (Fsp3) is 0.450. The Bertz CT molecular complexity index is 816. The minimum Gasteiger partial charge on any atom is -0.444 e. The van der Waals surface area contributed by atoms with Crippen LogP contribution in [-0.2, 0) is 4.74 Å². The number of aromatic nitrogens is 2. The third-order valence-electron chi connectivity index (χ3n) is 4.40. The maximum absolute atomic E-state index is 12.5. The number of amides is 1. The SMILES string of the molecule is CC(C)(C)OC(=O)N1CCC(n2ncc(-c3ccccc3)cc2=O)CC1. The van der Waals surface area contributed by atoms with Gasteiger partial charge in [0.2, 0.25) is 0 Å². The van der Waals surface area contributed by atoms with E-state index in [-0.39, 0.29) is 17.7 Å². The van der Waals surface area contributed by atoms with Crippen molar-refractivity contribution in [2.75, 3.05) is 13.1 Å². The number of hydrogen-bond donors (Lipinski definition) is 0. The molecule has 0 atom stereocenters. The Morgan fingerprint density at radius 3 is 2.35 bits per heavy atom. The molecule has 6 nitrogen and oxygen atoms in total. The van der Waals surface area contributed by atoms with E-state index in [1.54, 1.807) is 21.8 Å². The first kappa shape index (κ1) is 18.2. The summed E-state index contributed by atoms with van der Waals surface area (Å²) < 4.78 is 6.95. The minimum atomic E-state index is -0.500. The van der Waals surface area contributed by atoms with Gasteiger partial charge in [-0.25, -0.2) is 9.48 Å². The molecule has 26 heavy (non-hydrogen) atoms. The van der Waals surface area contributed by atoms with Crippen LogP contribution >= 0.6 is 0 Å². The Hall–Kier alpha value is -2.63. The average molecular weight is 355 g/mol. The average Bonchev–Trinajstić information content (AvgIpc) is 2.61. The minimum absolute atomic E-state index is 0.00556. The van der Waals surface area contributed by atoms with Gasteiger partial charge in [0.15, 0.2) is 0 Å². The van der Waals surface area contributed by atoms with Crippen molar-refractivity contribution in [1.82, 2.24) is 14.7 Å². The van der Waals surface area contributed by atoms with Gasteiger partial charge in [0, 0.05) is 24.7 Å². The van der Waals surface area contributed by atoms with Crippen molar-refractivity contribution >= 4 is 6.09 Å². The molecule has 6 heteroatoms. The molecule has 1 amide bonds. The van der Waals surface area contributed by atoms with Crippen LogP contribution in [0.2, 0.25) is 0 Å². The Kier molecular flexibility index (Phi) is 5.11. The molecule has 1 aliphatic rings. The zero-order valence-electron chi connectivity index (χ0n) is 15.5. The third kappa shape index (κ3) is 4.31. The summed E-state index contributed by atoms with van der Waals surface area (Å²) in [7, 11) is 0. The highest BCUT2D eigenvalue weighted by Gasteiger charge is 2.28. The molecule has 138 valence electrons. The van der Waals surface area contributed by atoms with E-state index in [9.17, 15) is 9.59 Å². The van der Waals surface area contributed by atoms with Crippen molar-refractivity contribution < 1.29 is 9.53 Å². The second-order valence-electron chi connectivity index (χ2n) is 7.59. The summed E-state index contributed by atoms with van der Waals surface area (Å²) in [6.45, 7) is 6.70. The number of hydrogen-bond acceptors (Lipinski definition) is 4. The van der Waals surface area contributed by atoms with Gasteiger partial charge in [-0.3, -0.25) is 4.79 Å². The predicted octanol–water partition coefficient (Wildman–Crippen LogP) is 3.48. The second-order valence-corrected chi connectivity index (χ2v) is 7.59. The largest absolute Gasteiger partial charge is 0.444 e. The van der Waals surface area contributed by atoms with Crippen LogP contribution in [0.5, 0.6) is 0 Å². The van der Waals surface area contributed by atoms with Crippen LogP contribution in [0.3, 0.4) is 0 Å². The van der Waals surface area contributed by atoms with E-state index in [0.29, 0.717) is 25.9 Å². The molecular weight excluding hydrogens is 330 g/mol. The molecule has 1 aromatic carbocycles. The summed E-state index contributed by atoms with van der Waals surface area (Å²) >= 11 is 0. The zero-order chi connectivity index (χ0) is 18.7. The number of piperidine rings is 1. The highest BCUT2D eigenvalue weighted by Crippen LogP contribution is 2.23. The number of ether oxygens (including phenoxy) is 1. The number of rotatable bonds is 2. The smallest absolute Gasteiger partial charge is 0.410 e. The van der Waals surface area contributed by atoms with Crippen LogP contribution < -0.4 is 5.56 Å². The van der Waals surface area contributed by atoms with E-state index in [1.807, 2.05) is 51.1 Å². The second kappa shape index (κ2) is 7.32. The lowest BCUT2D eigenvalue weighted by Gasteiger charge is -2.33. The molecular formula is C20H25N3O3. The van der Waals surface area contributed by atoms with Crippen LogP contribution in [-0.4, -0.2) is 39.5 Å². The van der Waals surface area contributed by atoms with Gasteiger partial charge in [0.1, 0.15) is 5.60 Å². The van der Waals surface area contributed by atoms with Crippen LogP contribution in [0.4, 0.5) is 4.79 Å². The predicted molar refractivity (Wildman–Crippen MR) is 100 cm³/mol. The lowest BCUT2D eigenvalue weighted by atomic mass is 10.1. The summed E-state index contributed by atoms with van der Waals surface area (Å²) in [5, 5.41) is 4.38. The summed E-state index contributed by atoms with van der Waals surface area (Å²) in [6, 6.07) is 11.4. The molecule has 0 unspecified atom stereocenters. The van der Waals surface area contributed by atoms with E-state index in [0.717, 1.165) is 11.1 Å². The molecule has 2 aromatic rings. The van der Waals surface area contributed by atoms with E-state index in [2.05, 4.69) is 5.10 Å². The zero-order valence-corrected chi connectivity index (χ0v) is 15.5. The fourth-order valence-electron chi connectivity index (χ4n) is 3.10. The van der Waals surface area contributed by atoms with Crippen molar-refractivity contribution in [2.24, 2.45) is 0 Å². The van der Waals surface area contributed by atoms with Gasteiger partial charge in [-0.2, -0.15) is 5.10 Å². The molecule has 0 saturated carbocycles. The molecule has 3 rings (SSSR count). The maximum Gasteiger partial charge on any atom is 0.410 e. The summed E-state index contributed by atoms with van der Waals surface area (Å²) in [6.07, 6.45) is 2.82. The quantitative estimate of drug-likeness (QED) is 0.827. The van der Waals surface area contributed by atoms with Gasteiger partial charge in [-0.1, -0.05) is 30.3 Å². The number of carbonyl (C=O) groups excluding carboxylic acids is 1. The molecule has 0 aliphatic carbocycles. The van der Waals surface area contributed by atoms with Crippen molar-refractivity contribution in [1.29, 1.82) is 0 Å². The maximum atomic E-state index is 12.5. The standard InChI is InChI=1S/C20H25N3O3/c1-20(2,3)26-19(25)22-11-9-17(10-12-22)23-18(24)13-16(14-21-23)15-7-5-4-6-8-15/h4-8,13-14,17H,9-12H2,1-3H3. The fourth-order valence-corrected chi connectivity index (χ4v) is 3.10. The molecule has 1 aliphatic heterocycles. The lowest BCUT2D eigenvalue weighted by molar-refractivity contribution is 0.0183.